The molecule has 2 aromatic carbocycles. The minimum absolute atomic E-state index is 0.0320. The van der Waals surface area contributed by atoms with Crippen molar-refractivity contribution in [2.75, 3.05) is 36.4 Å². The number of piperidine rings is 1. The van der Waals surface area contributed by atoms with Crippen LogP contribution in [0.25, 0.3) is 11.0 Å². The van der Waals surface area contributed by atoms with Crippen molar-refractivity contribution in [1.29, 1.82) is 0 Å². The van der Waals surface area contributed by atoms with Gasteiger partial charge in [-0.15, -0.1) is 0 Å². The summed E-state index contributed by atoms with van der Waals surface area (Å²) in [5, 5.41) is 26.3. The molecule has 0 bridgehead atoms. The largest absolute Gasteiger partial charge is 0.455 e. The Bertz CT molecular complexity index is 2710. The summed E-state index contributed by atoms with van der Waals surface area (Å²) < 4.78 is 35.9. The van der Waals surface area contributed by atoms with E-state index in [4.69, 9.17) is 4.74 Å². The van der Waals surface area contributed by atoms with Gasteiger partial charge in [-0.25, -0.2) is 23.1 Å². The number of carbonyl (C=O) groups is 1. The van der Waals surface area contributed by atoms with Crippen LogP contribution in [0.2, 0.25) is 0 Å². The predicted molar refractivity (Wildman–Crippen MR) is 252 cm³/mol. The number of H-pyrrole nitrogens is 1. The third kappa shape index (κ3) is 9.36. The normalized spacial score (nSPS) is 23.8. The number of rotatable bonds is 13. The molecule has 1 atom stereocenters. The minimum atomic E-state index is -4.62. The first kappa shape index (κ1) is 44.3. The molecule has 3 aliphatic carbocycles. The van der Waals surface area contributed by atoms with Crippen molar-refractivity contribution in [3.8, 4) is 11.5 Å². The number of aliphatic hydroxyl groups is 1. The molecule has 1 unspecified atom stereocenters. The van der Waals surface area contributed by atoms with Crippen LogP contribution in [-0.4, -0.2) is 82.0 Å². The van der Waals surface area contributed by atoms with Gasteiger partial charge >= 0.3 is 5.69 Å². The first-order valence-electron chi connectivity index (χ1n) is 23.8. The Morgan fingerprint density at radius 2 is 1.67 bits per heavy atom. The summed E-state index contributed by atoms with van der Waals surface area (Å²) >= 11 is 0. The lowest BCUT2D eigenvalue weighted by Crippen LogP contribution is -2.45. The summed E-state index contributed by atoms with van der Waals surface area (Å²) in [6.07, 6.45) is 19.2. The first-order chi connectivity index (χ1) is 31.8. The minimum Gasteiger partial charge on any atom is -0.455 e. The van der Waals surface area contributed by atoms with Gasteiger partial charge < -0.3 is 25.0 Å². The van der Waals surface area contributed by atoms with Gasteiger partial charge in [0.15, 0.2) is 0 Å². The van der Waals surface area contributed by atoms with Crippen molar-refractivity contribution >= 4 is 44.2 Å². The summed E-state index contributed by atoms with van der Waals surface area (Å²) in [6, 6.07) is 20.1. The molecule has 5 aliphatic rings. The molecule has 3 aromatic heterocycles. The molecule has 66 heavy (non-hydrogen) atoms. The van der Waals surface area contributed by atoms with Crippen molar-refractivity contribution in [3.05, 3.63) is 106 Å². The van der Waals surface area contributed by atoms with E-state index in [9.17, 15) is 28.4 Å². The second-order valence-electron chi connectivity index (χ2n) is 19.9. The Balaban J connectivity index is 0.824. The molecule has 348 valence electrons. The van der Waals surface area contributed by atoms with Gasteiger partial charge in [0.2, 0.25) is 5.82 Å². The first-order valence-corrected chi connectivity index (χ1v) is 25.3. The number of aromatic nitrogens is 3. The molecule has 0 radical (unpaired) electrons. The number of hydrogen-bond donors (Lipinski definition) is 4. The zero-order valence-electron chi connectivity index (χ0n) is 37.6. The van der Waals surface area contributed by atoms with E-state index in [-0.39, 0.29) is 23.0 Å². The van der Waals surface area contributed by atoms with Crippen LogP contribution in [0.3, 0.4) is 0 Å². The van der Waals surface area contributed by atoms with Gasteiger partial charge in [0, 0.05) is 61.1 Å². The zero-order valence-corrected chi connectivity index (χ0v) is 38.4. The number of carbonyl (C=O) groups excluding carboxylic acids is 1. The SMILES string of the molecule is CC1(O)CCC(CNc2ncc(S(=O)(=O)NC(=O)c3ccc(N4CCC5(CCC(N6CCCC6c6ccccc6C6CC6)CC5)CC4)cc3Oc3cnc4[nH]ccc4c3)cc2[N+](=O)[O-])CC1. The number of nitro groups is 1. The molecule has 1 spiro atoms. The highest BCUT2D eigenvalue weighted by molar-refractivity contribution is 7.90. The van der Waals surface area contributed by atoms with Crippen molar-refractivity contribution in [1.82, 2.24) is 24.6 Å². The van der Waals surface area contributed by atoms with E-state index in [1.165, 1.54) is 57.9 Å². The van der Waals surface area contributed by atoms with Gasteiger partial charge in [0.1, 0.15) is 22.0 Å². The predicted octanol–water partition coefficient (Wildman–Crippen LogP) is 9.37. The van der Waals surface area contributed by atoms with Gasteiger partial charge in [0.25, 0.3) is 15.9 Å². The number of nitrogens with one attached hydrogen (secondary N) is 3. The molecule has 15 nitrogen and oxygen atoms in total. The topological polar surface area (TPSA) is 196 Å². The van der Waals surface area contributed by atoms with Crippen LogP contribution in [0.5, 0.6) is 11.5 Å². The fourth-order valence-corrected chi connectivity index (χ4v) is 12.3. The van der Waals surface area contributed by atoms with Gasteiger partial charge in [-0.2, -0.15) is 0 Å². The maximum atomic E-state index is 14.0. The number of ether oxygens (including phenoxy) is 1. The highest BCUT2D eigenvalue weighted by Crippen LogP contribution is 2.50. The van der Waals surface area contributed by atoms with Crippen molar-refractivity contribution in [2.45, 2.75) is 125 Å². The average molecular weight is 917 g/mol. The number of likely N-dealkylation sites (tertiary alicyclic amines) is 1. The molecule has 5 heterocycles. The quantitative estimate of drug-likeness (QED) is 0.0646. The van der Waals surface area contributed by atoms with Gasteiger partial charge in [-0.3, -0.25) is 19.8 Å². The molecule has 5 aromatic rings. The summed E-state index contributed by atoms with van der Waals surface area (Å²) in [5.74, 6) is 0.402. The highest BCUT2D eigenvalue weighted by atomic mass is 32.2. The fourth-order valence-electron chi connectivity index (χ4n) is 11.3. The Kier molecular flexibility index (Phi) is 12.0. The van der Waals surface area contributed by atoms with Crippen LogP contribution in [0.1, 0.15) is 130 Å². The molecule has 16 heteroatoms. The van der Waals surface area contributed by atoms with Crippen molar-refractivity contribution in [3.63, 3.8) is 0 Å². The Morgan fingerprint density at radius 1 is 0.909 bits per heavy atom. The summed E-state index contributed by atoms with van der Waals surface area (Å²) in [7, 11) is -4.62. The van der Waals surface area contributed by atoms with Gasteiger partial charge in [-0.1, -0.05) is 24.3 Å². The number of sulfonamides is 1. The fraction of sp³-hybridized carbons (Fsp3) is 0.500. The third-order valence-electron chi connectivity index (χ3n) is 15.5. The lowest BCUT2D eigenvalue weighted by atomic mass is 9.66. The van der Waals surface area contributed by atoms with E-state index in [1.807, 2.05) is 12.1 Å². The number of hydrogen-bond acceptors (Lipinski definition) is 12. The molecule has 4 N–H and O–H groups in total. The smallest absolute Gasteiger partial charge is 0.312 e. The summed E-state index contributed by atoms with van der Waals surface area (Å²) in [6.45, 7) is 5.07. The number of anilines is 2. The molecule has 2 aliphatic heterocycles. The van der Waals surface area contributed by atoms with Gasteiger partial charge in [0.05, 0.1) is 28.5 Å². The van der Waals surface area contributed by atoms with Crippen molar-refractivity contribution < 1.29 is 28.0 Å². The van der Waals surface area contributed by atoms with Crippen LogP contribution in [0, 0.1) is 21.4 Å². The molecule has 1 amide bonds. The summed E-state index contributed by atoms with van der Waals surface area (Å²) in [5.41, 5.74) is 3.71. The van der Waals surface area contributed by atoms with E-state index in [0.717, 1.165) is 68.0 Å². The number of pyridine rings is 2. The standard InChI is InChI=1S/C50H60N8O7S/c1-49(60)17-12-33(13-18-49)30-52-47-44(58(61)62)29-39(32-54-47)66(63,64)55-48(59)42-11-10-37(28-45(42)65-38-27-35-16-23-51-46(35)53-31-38)56-25-21-50(22-26-56)19-14-36(15-20-50)57-24-4-7-43(57)41-6-3-2-5-40(41)34-8-9-34/h2-3,5-6,10-11,16,23,27-29,31-34,36,43,60H,4,7-9,12-15,17-22,24-26,30H2,1H3,(H,51,53)(H,52,54)(H,55,59). The van der Waals surface area contributed by atoms with E-state index in [2.05, 4.69) is 59.1 Å². The lowest BCUT2D eigenvalue weighted by Gasteiger charge is -2.48. The molecular weight excluding hydrogens is 857 g/mol. The third-order valence-corrected chi connectivity index (χ3v) is 16.8. The molecule has 2 saturated heterocycles. The van der Waals surface area contributed by atoms with Crippen LogP contribution < -0.4 is 19.7 Å². The van der Waals surface area contributed by atoms with E-state index < -0.39 is 37.0 Å². The number of benzene rings is 2. The van der Waals surface area contributed by atoms with Crippen LogP contribution in [0.15, 0.2) is 84.1 Å². The molecular formula is C50H60N8O7S. The monoisotopic (exact) mass is 916 g/mol. The number of aromatic amines is 1. The summed E-state index contributed by atoms with van der Waals surface area (Å²) in [4.78, 5) is 41.7. The van der Waals surface area contributed by atoms with Crippen molar-refractivity contribution in [2.24, 2.45) is 11.3 Å². The van der Waals surface area contributed by atoms with E-state index in [0.29, 0.717) is 48.3 Å². The molecule has 3 saturated carbocycles. The average Bonchev–Trinajstić information content (AvgIpc) is 3.85. The number of amides is 1. The molecule has 5 fully saturated rings. The maximum Gasteiger partial charge on any atom is 0.312 e. The van der Waals surface area contributed by atoms with E-state index >= 15 is 0 Å². The Labute approximate surface area is 385 Å². The molecule has 10 rings (SSSR count). The number of fused-ring (bicyclic) bond motifs is 1. The lowest BCUT2D eigenvalue weighted by molar-refractivity contribution is -0.384. The van der Waals surface area contributed by atoms with Crippen LogP contribution in [0.4, 0.5) is 17.2 Å². The van der Waals surface area contributed by atoms with Crippen LogP contribution in [-0.2, 0) is 10.0 Å². The highest BCUT2D eigenvalue weighted by Gasteiger charge is 2.43. The van der Waals surface area contributed by atoms with E-state index in [1.54, 1.807) is 48.6 Å². The Morgan fingerprint density at radius 3 is 2.41 bits per heavy atom. The van der Waals surface area contributed by atoms with Crippen LogP contribution >= 0.6 is 0 Å². The zero-order chi connectivity index (χ0) is 45.6. The Hall–Kier alpha value is -5.58. The second kappa shape index (κ2) is 17.9. The number of nitrogens with zero attached hydrogens (tertiary/aromatic N) is 5. The van der Waals surface area contributed by atoms with Gasteiger partial charge in [-0.05, 0) is 156 Å². The maximum absolute atomic E-state index is 14.0. The second-order valence-corrected chi connectivity index (χ2v) is 21.6.